The maximum Gasteiger partial charge on any atom is 0.123 e. The molecule has 2 N–H and O–H groups in total. The highest BCUT2D eigenvalue weighted by Gasteiger charge is 2.13. The van der Waals surface area contributed by atoms with Crippen LogP contribution in [0.2, 0.25) is 0 Å². The lowest BCUT2D eigenvalue weighted by molar-refractivity contribution is 0.628. The third-order valence-corrected chi connectivity index (χ3v) is 3.87. The highest BCUT2D eigenvalue weighted by molar-refractivity contribution is 9.10. The van der Waals surface area contributed by atoms with Crippen molar-refractivity contribution in [1.82, 2.24) is 4.98 Å². The zero-order valence-corrected chi connectivity index (χ0v) is 12.9. The summed E-state index contributed by atoms with van der Waals surface area (Å²) in [5.74, 6) is -0.262. The lowest BCUT2D eigenvalue weighted by Crippen LogP contribution is -2.12. The topological polar surface area (TPSA) is 42.1 Å². The Morgan fingerprint density at radius 2 is 1.86 bits per heavy atom. The second-order valence-electron chi connectivity index (χ2n) is 4.76. The summed E-state index contributed by atoms with van der Waals surface area (Å²) < 4.78 is 14.0. The van der Waals surface area contributed by atoms with Gasteiger partial charge in [-0.3, -0.25) is 4.98 Å². The van der Waals surface area contributed by atoms with E-state index in [4.69, 9.17) is 5.73 Å². The van der Waals surface area contributed by atoms with Gasteiger partial charge in [-0.2, -0.15) is 0 Å². The second-order valence-corrected chi connectivity index (χ2v) is 5.67. The van der Waals surface area contributed by atoms with Crippen LogP contribution in [-0.2, 0) is 0 Å². The van der Waals surface area contributed by atoms with E-state index in [-0.39, 0.29) is 5.82 Å². The summed E-state index contributed by atoms with van der Waals surface area (Å²) in [6.45, 7) is 0. The molecule has 106 valence electrons. The molecule has 21 heavy (non-hydrogen) atoms. The first-order valence-electron chi connectivity index (χ1n) is 6.39. The lowest BCUT2D eigenvalue weighted by Gasteiger charge is -2.23. The molecule has 0 bridgehead atoms. The van der Waals surface area contributed by atoms with Crippen molar-refractivity contribution in [3.63, 3.8) is 0 Å². The van der Waals surface area contributed by atoms with Gasteiger partial charge in [-0.05, 0) is 42.5 Å². The molecule has 0 saturated heterocycles. The van der Waals surface area contributed by atoms with Crippen LogP contribution >= 0.6 is 15.9 Å². The van der Waals surface area contributed by atoms with E-state index >= 15 is 0 Å². The Balaban J connectivity index is 2.20. The van der Waals surface area contributed by atoms with Gasteiger partial charge < -0.3 is 10.6 Å². The Labute approximate surface area is 130 Å². The van der Waals surface area contributed by atoms with Gasteiger partial charge in [0, 0.05) is 22.6 Å². The summed E-state index contributed by atoms with van der Waals surface area (Å²) in [7, 11) is 1.90. The molecule has 1 heterocycles. The minimum Gasteiger partial charge on any atom is -0.396 e. The Morgan fingerprint density at radius 1 is 1.14 bits per heavy atom. The molecule has 3 rings (SSSR count). The van der Waals surface area contributed by atoms with Crippen molar-refractivity contribution in [2.24, 2.45) is 0 Å². The SMILES string of the molecule is CN(c1ccc(F)cc1)c1c(N)cnc2ccc(Br)cc12. The average molecular weight is 346 g/mol. The lowest BCUT2D eigenvalue weighted by atomic mass is 10.1. The average Bonchev–Trinajstić information content (AvgIpc) is 2.47. The number of anilines is 3. The molecule has 0 saturated carbocycles. The van der Waals surface area contributed by atoms with E-state index in [1.54, 1.807) is 18.3 Å². The van der Waals surface area contributed by atoms with Crippen LogP contribution < -0.4 is 10.6 Å². The summed E-state index contributed by atoms with van der Waals surface area (Å²) in [5, 5.41) is 0.941. The number of nitrogens with two attached hydrogens (primary N) is 1. The van der Waals surface area contributed by atoms with Gasteiger partial charge in [0.15, 0.2) is 0 Å². The smallest absolute Gasteiger partial charge is 0.123 e. The van der Waals surface area contributed by atoms with Crippen LogP contribution in [-0.4, -0.2) is 12.0 Å². The number of nitrogen functional groups attached to an aromatic ring is 1. The molecular weight excluding hydrogens is 333 g/mol. The van der Waals surface area contributed by atoms with E-state index in [9.17, 15) is 4.39 Å². The molecule has 0 radical (unpaired) electrons. The number of rotatable bonds is 2. The summed E-state index contributed by atoms with van der Waals surface area (Å²) in [4.78, 5) is 6.28. The quantitative estimate of drug-likeness (QED) is 0.744. The number of benzene rings is 2. The van der Waals surface area contributed by atoms with Crippen LogP contribution in [0.3, 0.4) is 0 Å². The summed E-state index contributed by atoms with van der Waals surface area (Å²) in [6, 6.07) is 12.2. The standard InChI is InChI=1S/C16H13BrFN3/c1-21(12-5-3-11(18)4-6-12)16-13-8-10(17)2-7-15(13)20-9-14(16)19/h2-9H,19H2,1H3. The van der Waals surface area contributed by atoms with E-state index in [0.29, 0.717) is 5.69 Å². The maximum absolute atomic E-state index is 13.1. The number of pyridine rings is 1. The molecule has 0 aliphatic rings. The first-order valence-corrected chi connectivity index (χ1v) is 7.18. The molecule has 1 aromatic heterocycles. The molecule has 5 heteroatoms. The van der Waals surface area contributed by atoms with Gasteiger partial charge in [-0.1, -0.05) is 15.9 Å². The summed E-state index contributed by atoms with van der Waals surface area (Å²) in [5.41, 5.74) is 9.26. The fraction of sp³-hybridized carbons (Fsp3) is 0.0625. The van der Waals surface area contributed by atoms with Crippen LogP contribution in [0.1, 0.15) is 0 Å². The van der Waals surface area contributed by atoms with Crippen LogP contribution in [0.25, 0.3) is 10.9 Å². The van der Waals surface area contributed by atoms with Crippen LogP contribution in [0, 0.1) is 5.82 Å². The third-order valence-electron chi connectivity index (χ3n) is 3.38. The maximum atomic E-state index is 13.1. The minimum atomic E-state index is -0.262. The Kier molecular flexibility index (Phi) is 3.51. The number of hydrogen-bond donors (Lipinski definition) is 1. The van der Waals surface area contributed by atoms with Crippen LogP contribution in [0.15, 0.2) is 53.1 Å². The third kappa shape index (κ3) is 2.56. The van der Waals surface area contributed by atoms with E-state index in [1.165, 1.54) is 12.1 Å². The monoisotopic (exact) mass is 345 g/mol. The Morgan fingerprint density at radius 3 is 2.57 bits per heavy atom. The number of nitrogens with zero attached hydrogens (tertiary/aromatic N) is 2. The van der Waals surface area contributed by atoms with Gasteiger partial charge in [-0.25, -0.2) is 4.39 Å². The van der Waals surface area contributed by atoms with Gasteiger partial charge in [0.2, 0.25) is 0 Å². The predicted octanol–water partition coefficient (Wildman–Crippen LogP) is 4.49. The zero-order chi connectivity index (χ0) is 15.0. The molecule has 3 nitrogen and oxygen atoms in total. The van der Waals surface area contributed by atoms with Crippen molar-refractivity contribution in [1.29, 1.82) is 0 Å². The normalized spacial score (nSPS) is 10.8. The minimum absolute atomic E-state index is 0.262. The zero-order valence-electron chi connectivity index (χ0n) is 11.3. The molecule has 0 atom stereocenters. The van der Waals surface area contributed by atoms with Gasteiger partial charge in [0.1, 0.15) is 5.82 Å². The fourth-order valence-corrected chi connectivity index (χ4v) is 2.70. The summed E-state index contributed by atoms with van der Waals surface area (Å²) >= 11 is 3.47. The van der Waals surface area contributed by atoms with Crippen molar-refractivity contribution in [3.8, 4) is 0 Å². The number of aromatic nitrogens is 1. The second kappa shape index (κ2) is 5.33. The van der Waals surface area contributed by atoms with Gasteiger partial charge >= 0.3 is 0 Å². The number of halogens is 2. The number of hydrogen-bond acceptors (Lipinski definition) is 3. The molecule has 0 amide bonds. The highest BCUT2D eigenvalue weighted by atomic mass is 79.9. The van der Waals surface area contributed by atoms with Crippen molar-refractivity contribution >= 4 is 43.9 Å². The van der Waals surface area contributed by atoms with Crippen LogP contribution in [0.5, 0.6) is 0 Å². The molecule has 0 unspecified atom stereocenters. The Hall–Kier alpha value is -2.14. The summed E-state index contributed by atoms with van der Waals surface area (Å²) in [6.07, 6.45) is 1.64. The first-order chi connectivity index (χ1) is 10.1. The molecular formula is C16H13BrFN3. The molecule has 3 aromatic rings. The highest BCUT2D eigenvalue weighted by Crippen LogP contribution is 2.36. The largest absolute Gasteiger partial charge is 0.396 e. The van der Waals surface area contributed by atoms with E-state index in [2.05, 4.69) is 20.9 Å². The van der Waals surface area contributed by atoms with Gasteiger partial charge in [0.05, 0.1) is 23.1 Å². The van der Waals surface area contributed by atoms with Gasteiger partial charge in [0.25, 0.3) is 0 Å². The fourth-order valence-electron chi connectivity index (χ4n) is 2.33. The van der Waals surface area contributed by atoms with Gasteiger partial charge in [-0.15, -0.1) is 0 Å². The molecule has 0 aliphatic heterocycles. The number of fused-ring (bicyclic) bond motifs is 1. The molecule has 0 spiro atoms. The first kappa shape index (κ1) is 13.8. The molecule has 0 fully saturated rings. The molecule has 2 aromatic carbocycles. The van der Waals surface area contributed by atoms with Crippen molar-refractivity contribution < 1.29 is 4.39 Å². The van der Waals surface area contributed by atoms with Crippen molar-refractivity contribution in [2.75, 3.05) is 17.7 Å². The van der Waals surface area contributed by atoms with E-state index in [0.717, 1.165) is 26.8 Å². The Bertz CT molecular complexity index is 797. The van der Waals surface area contributed by atoms with E-state index in [1.807, 2.05) is 30.1 Å². The van der Waals surface area contributed by atoms with Crippen molar-refractivity contribution in [2.45, 2.75) is 0 Å². The molecule has 0 aliphatic carbocycles. The van der Waals surface area contributed by atoms with Crippen molar-refractivity contribution in [3.05, 3.63) is 59.0 Å². The van der Waals surface area contributed by atoms with E-state index < -0.39 is 0 Å². The predicted molar refractivity (Wildman–Crippen MR) is 88.3 cm³/mol. The van der Waals surface area contributed by atoms with Crippen LogP contribution in [0.4, 0.5) is 21.5 Å².